The first-order valence-electron chi connectivity index (χ1n) is 10.1. The Morgan fingerprint density at radius 3 is 2.27 bits per heavy atom. The number of imide groups is 1. The van der Waals surface area contributed by atoms with E-state index in [1.807, 2.05) is 36.4 Å². The van der Waals surface area contributed by atoms with E-state index in [-0.39, 0.29) is 23.2 Å². The van der Waals surface area contributed by atoms with Crippen LogP contribution in [0.4, 0.5) is 11.4 Å². The van der Waals surface area contributed by atoms with E-state index in [9.17, 15) is 14.4 Å². The van der Waals surface area contributed by atoms with E-state index in [0.29, 0.717) is 22.7 Å². The van der Waals surface area contributed by atoms with Gasteiger partial charge in [-0.25, -0.2) is 0 Å². The molecule has 0 saturated heterocycles. The summed E-state index contributed by atoms with van der Waals surface area (Å²) < 4.78 is 5.24. The van der Waals surface area contributed by atoms with Crippen LogP contribution in [0, 0.1) is 0 Å². The quantitative estimate of drug-likeness (QED) is 0.510. The smallest absolute Gasteiger partial charge is 0.279 e. The van der Waals surface area contributed by atoms with Gasteiger partial charge in [0.1, 0.15) is 16.5 Å². The van der Waals surface area contributed by atoms with Gasteiger partial charge in [-0.3, -0.25) is 19.3 Å². The molecule has 3 aromatic carbocycles. The minimum atomic E-state index is -0.555. The van der Waals surface area contributed by atoms with Gasteiger partial charge in [-0.15, -0.1) is 0 Å². The Kier molecular flexibility index (Phi) is 6.42. The largest absolute Gasteiger partial charge is 0.495 e. The lowest BCUT2D eigenvalue weighted by molar-refractivity contribution is -0.138. The third kappa shape index (κ3) is 4.73. The number of rotatable bonds is 7. The Bertz CT molecular complexity index is 1240. The van der Waals surface area contributed by atoms with E-state index < -0.39 is 11.8 Å². The number of ether oxygens (including phenoxy) is 1. The maximum absolute atomic E-state index is 12.8. The molecule has 0 bridgehead atoms. The molecule has 2 N–H and O–H groups in total. The van der Waals surface area contributed by atoms with Crippen LogP contribution in [0.5, 0.6) is 5.75 Å². The molecule has 1 aliphatic rings. The summed E-state index contributed by atoms with van der Waals surface area (Å²) >= 11 is 6.16. The molecule has 0 spiro atoms. The summed E-state index contributed by atoms with van der Waals surface area (Å²) in [5, 5.41) is 5.53. The number of nitrogens with zero attached hydrogens (tertiary/aromatic N) is 1. The Morgan fingerprint density at radius 1 is 0.909 bits per heavy atom. The van der Waals surface area contributed by atoms with Crippen molar-refractivity contribution in [3.63, 3.8) is 0 Å². The first-order valence-corrected chi connectivity index (χ1v) is 10.5. The van der Waals surface area contributed by atoms with Crippen LogP contribution in [0.3, 0.4) is 0 Å². The fourth-order valence-electron chi connectivity index (χ4n) is 3.36. The summed E-state index contributed by atoms with van der Waals surface area (Å²) in [6.45, 7) is 0.127. The van der Waals surface area contributed by atoms with Gasteiger partial charge in [0, 0.05) is 11.3 Å². The number of methoxy groups -OCH3 is 1. The zero-order valence-electron chi connectivity index (χ0n) is 17.7. The Balaban J connectivity index is 1.44. The van der Waals surface area contributed by atoms with Crippen LogP contribution < -0.4 is 15.4 Å². The van der Waals surface area contributed by atoms with Crippen LogP contribution in [0.2, 0.25) is 0 Å². The third-order valence-corrected chi connectivity index (χ3v) is 5.42. The molecule has 3 aromatic rings. The van der Waals surface area contributed by atoms with Gasteiger partial charge in [0.2, 0.25) is 0 Å². The van der Waals surface area contributed by atoms with Crippen molar-refractivity contribution < 1.29 is 19.1 Å². The number of hydrogen-bond donors (Lipinski definition) is 2. The average Bonchev–Trinajstić information content (AvgIpc) is 3.04. The van der Waals surface area contributed by atoms with Crippen LogP contribution >= 0.6 is 11.6 Å². The van der Waals surface area contributed by atoms with Crippen molar-refractivity contribution in [2.75, 3.05) is 17.7 Å². The van der Waals surface area contributed by atoms with Crippen molar-refractivity contribution in [2.24, 2.45) is 0 Å². The Morgan fingerprint density at radius 2 is 1.58 bits per heavy atom. The fourth-order valence-corrected chi connectivity index (χ4v) is 3.59. The maximum Gasteiger partial charge on any atom is 0.279 e. The van der Waals surface area contributed by atoms with E-state index in [0.717, 1.165) is 10.5 Å². The van der Waals surface area contributed by atoms with Gasteiger partial charge in [-0.2, -0.15) is 0 Å². The molecule has 7 nitrogen and oxygen atoms in total. The topological polar surface area (TPSA) is 87.7 Å². The molecule has 0 saturated carbocycles. The summed E-state index contributed by atoms with van der Waals surface area (Å²) in [4.78, 5) is 39.0. The second-order valence-electron chi connectivity index (χ2n) is 7.23. The maximum atomic E-state index is 12.8. The molecule has 0 aliphatic carbocycles. The van der Waals surface area contributed by atoms with Crippen molar-refractivity contribution >= 4 is 40.7 Å². The molecule has 0 radical (unpaired) electrons. The van der Waals surface area contributed by atoms with Crippen LogP contribution in [-0.2, 0) is 16.1 Å². The average molecular weight is 462 g/mol. The molecule has 0 aromatic heterocycles. The molecule has 166 valence electrons. The molecule has 3 amide bonds. The summed E-state index contributed by atoms with van der Waals surface area (Å²) in [5.74, 6) is -0.827. The van der Waals surface area contributed by atoms with Gasteiger partial charge in [0.15, 0.2) is 0 Å². The Labute approximate surface area is 195 Å². The van der Waals surface area contributed by atoms with Crippen LogP contribution in [0.25, 0.3) is 0 Å². The van der Waals surface area contributed by atoms with Crippen molar-refractivity contribution in [3.05, 3.63) is 101 Å². The van der Waals surface area contributed by atoms with Gasteiger partial charge in [0.25, 0.3) is 17.7 Å². The number of para-hydroxylation sites is 2. The van der Waals surface area contributed by atoms with Crippen molar-refractivity contribution in [3.8, 4) is 5.75 Å². The molecular weight excluding hydrogens is 442 g/mol. The normalized spacial score (nSPS) is 13.3. The predicted molar refractivity (Wildman–Crippen MR) is 126 cm³/mol. The number of nitrogens with one attached hydrogen (secondary N) is 2. The molecule has 0 unspecified atom stereocenters. The first kappa shape index (κ1) is 22.1. The molecule has 1 heterocycles. The minimum absolute atomic E-state index is 0.00354. The van der Waals surface area contributed by atoms with Crippen molar-refractivity contribution in [1.29, 1.82) is 0 Å². The second-order valence-corrected chi connectivity index (χ2v) is 7.61. The zero-order valence-corrected chi connectivity index (χ0v) is 18.4. The Hall–Kier alpha value is -4.10. The lowest BCUT2D eigenvalue weighted by atomic mass is 10.1. The van der Waals surface area contributed by atoms with E-state index in [4.69, 9.17) is 16.3 Å². The monoisotopic (exact) mass is 461 g/mol. The van der Waals surface area contributed by atoms with Gasteiger partial charge in [0.05, 0.1) is 19.3 Å². The number of halogens is 1. The summed E-state index contributed by atoms with van der Waals surface area (Å²) in [7, 11) is 1.53. The third-order valence-electron chi connectivity index (χ3n) is 5.07. The van der Waals surface area contributed by atoms with Gasteiger partial charge >= 0.3 is 0 Å². The van der Waals surface area contributed by atoms with Crippen LogP contribution in [-0.4, -0.2) is 29.7 Å². The zero-order chi connectivity index (χ0) is 23.4. The molecule has 8 heteroatoms. The predicted octanol–water partition coefficient (Wildman–Crippen LogP) is 4.38. The standard InChI is InChI=1S/C25H20ClN3O4/c1-33-20-10-6-5-9-19(20)28-23(30)17-11-13-18(14-12-17)27-22-21(26)24(31)29(25(22)32)15-16-7-3-2-4-8-16/h2-14,27H,15H2,1H3,(H,28,30). The fraction of sp³-hybridized carbons (Fsp3) is 0.0800. The van der Waals surface area contributed by atoms with Gasteiger partial charge in [-0.05, 0) is 42.0 Å². The SMILES string of the molecule is COc1ccccc1NC(=O)c1ccc(NC2=C(Cl)C(=O)N(Cc3ccccc3)C2=O)cc1. The van der Waals surface area contributed by atoms with Gasteiger partial charge in [-0.1, -0.05) is 54.1 Å². The lowest BCUT2D eigenvalue weighted by Crippen LogP contribution is -2.31. The summed E-state index contributed by atoms with van der Waals surface area (Å²) in [6, 6.07) is 22.7. The number of benzene rings is 3. The van der Waals surface area contributed by atoms with Crippen molar-refractivity contribution in [2.45, 2.75) is 6.54 Å². The van der Waals surface area contributed by atoms with E-state index in [1.165, 1.54) is 7.11 Å². The van der Waals surface area contributed by atoms with E-state index in [1.54, 1.807) is 42.5 Å². The van der Waals surface area contributed by atoms with E-state index >= 15 is 0 Å². The molecule has 33 heavy (non-hydrogen) atoms. The highest BCUT2D eigenvalue weighted by atomic mass is 35.5. The highest BCUT2D eigenvalue weighted by Crippen LogP contribution is 2.28. The number of amides is 3. The highest BCUT2D eigenvalue weighted by Gasteiger charge is 2.37. The number of carbonyl (C=O) groups is 3. The molecule has 0 fully saturated rings. The number of anilines is 2. The van der Waals surface area contributed by atoms with Crippen LogP contribution in [0.1, 0.15) is 15.9 Å². The summed E-state index contributed by atoms with van der Waals surface area (Å²) in [5.41, 5.74) is 2.29. The second kappa shape index (κ2) is 9.58. The van der Waals surface area contributed by atoms with E-state index in [2.05, 4.69) is 10.6 Å². The minimum Gasteiger partial charge on any atom is -0.495 e. The molecular formula is C25H20ClN3O4. The highest BCUT2D eigenvalue weighted by molar-refractivity contribution is 6.48. The first-order chi connectivity index (χ1) is 16.0. The number of hydrogen-bond acceptors (Lipinski definition) is 5. The molecule has 4 rings (SSSR count). The number of carbonyl (C=O) groups excluding carboxylic acids is 3. The van der Waals surface area contributed by atoms with Crippen LogP contribution in [0.15, 0.2) is 89.6 Å². The van der Waals surface area contributed by atoms with Crippen molar-refractivity contribution in [1.82, 2.24) is 4.90 Å². The molecule has 0 atom stereocenters. The summed E-state index contributed by atoms with van der Waals surface area (Å²) in [6.07, 6.45) is 0. The lowest BCUT2D eigenvalue weighted by Gasteiger charge is -2.15. The molecule has 1 aliphatic heterocycles. The van der Waals surface area contributed by atoms with Gasteiger partial charge < -0.3 is 15.4 Å².